The van der Waals surface area contributed by atoms with Gasteiger partial charge in [-0.15, -0.1) is 11.8 Å². The maximum atomic E-state index is 2.49. The van der Waals surface area contributed by atoms with Gasteiger partial charge in [-0.05, 0) is 59.8 Å². The molecule has 0 unspecified atom stereocenters. The van der Waals surface area contributed by atoms with Crippen LogP contribution in [-0.4, -0.2) is 4.75 Å². The standard InChI is InChI=1S/C20H32S/c1-8-20(7,9-2)21-15-10-11-16-17(14-15)19(5,6)13-12-18(16,3)4/h10-11,14H,8-9,12-13H2,1-7H3. The summed E-state index contributed by atoms with van der Waals surface area (Å²) in [5.41, 5.74) is 3.79. The van der Waals surface area contributed by atoms with E-state index in [1.54, 1.807) is 11.1 Å². The predicted molar refractivity (Wildman–Crippen MR) is 96.6 cm³/mol. The molecule has 0 saturated heterocycles. The van der Waals surface area contributed by atoms with Crippen LogP contribution in [0.25, 0.3) is 0 Å². The van der Waals surface area contributed by atoms with Gasteiger partial charge in [-0.3, -0.25) is 0 Å². The summed E-state index contributed by atoms with van der Waals surface area (Å²) in [7, 11) is 0. The maximum Gasteiger partial charge on any atom is 0.0173 e. The Kier molecular flexibility index (Phi) is 4.55. The zero-order valence-corrected chi connectivity index (χ0v) is 15.8. The quantitative estimate of drug-likeness (QED) is 0.557. The number of thioether (sulfide) groups is 1. The lowest BCUT2D eigenvalue weighted by molar-refractivity contribution is 0.331. The van der Waals surface area contributed by atoms with Crippen molar-refractivity contribution in [1.82, 2.24) is 0 Å². The van der Waals surface area contributed by atoms with Crippen molar-refractivity contribution in [1.29, 1.82) is 0 Å². The minimum Gasteiger partial charge on any atom is -0.120 e. The van der Waals surface area contributed by atoms with Crippen LogP contribution in [0.1, 0.15) is 85.3 Å². The average molecular weight is 305 g/mol. The van der Waals surface area contributed by atoms with Crippen LogP contribution in [0.4, 0.5) is 0 Å². The lowest BCUT2D eigenvalue weighted by Crippen LogP contribution is -2.33. The summed E-state index contributed by atoms with van der Waals surface area (Å²) < 4.78 is 0.364. The van der Waals surface area contributed by atoms with E-state index < -0.39 is 0 Å². The molecule has 0 aliphatic heterocycles. The number of rotatable bonds is 4. The molecule has 1 aromatic rings. The zero-order chi connectivity index (χ0) is 15.9. The highest BCUT2D eigenvalue weighted by Gasteiger charge is 2.37. The fraction of sp³-hybridized carbons (Fsp3) is 0.700. The molecule has 21 heavy (non-hydrogen) atoms. The Morgan fingerprint density at radius 3 is 2.00 bits per heavy atom. The first-order chi connectivity index (χ1) is 9.63. The molecule has 0 nitrogen and oxygen atoms in total. The number of fused-ring (bicyclic) bond motifs is 1. The minimum atomic E-state index is 0.316. The van der Waals surface area contributed by atoms with E-state index in [0.29, 0.717) is 15.6 Å². The Labute approximate surface area is 136 Å². The van der Waals surface area contributed by atoms with E-state index in [2.05, 4.69) is 78.4 Å². The SMILES string of the molecule is CCC(C)(CC)Sc1ccc2c(c1)C(C)(C)CCC2(C)C. The molecular formula is C20H32S. The summed E-state index contributed by atoms with van der Waals surface area (Å²) in [6.07, 6.45) is 5.03. The third kappa shape index (κ3) is 3.33. The maximum absolute atomic E-state index is 2.49. The first-order valence-electron chi connectivity index (χ1n) is 8.47. The molecule has 118 valence electrons. The largest absolute Gasteiger partial charge is 0.120 e. The van der Waals surface area contributed by atoms with Crippen LogP contribution in [0, 0.1) is 0 Å². The van der Waals surface area contributed by atoms with Gasteiger partial charge in [0, 0.05) is 9.64 Å². The van der Waals surface area contributed by atoms with E-state index in [1.807, 2.05) is 0 Å². The second-order valence-corrected chi connectivity index (χ2v) is 9.90. The summed E-state index contributed by atoms with van der Waals surface area (Å²) in [6, 6.07) is 7.25. The molecule has 0 spiro atoms. The van der Waals surface area contributed by atoms with Crippen molar-refractivity contribution in [2.45, 2.75) is 94.6 Å². The molecule has 0 fully saturated rings. The Balaban J connectivity index is 2.42. The third-order valence-corrected chi connectivity index (χ3v) is 7.24. The van der Waals surface area contributed by atoms with Crippen LogP contribution in [-0.2, 0) is 10.8 Å². The van der Waals surface area contributed by atoms with E-state index >= 15 is 0 Å². The second kappa shape index (κ2) is 5.65. The highest BCUT2D eigenvalue weighted by Crippen LogP contribution is 2.48. The predicted octanol–water partition coefficient (Wildman–Crippen LogP) is 6.71. The van der Waals surface area contributed by atoms with E-state index in [4.69, 9.17) is 0 Å². The van der Waals surface area contributed by atoms with Gasteiger partial charge in [0.05, 0.1) is 0 Å². The lowest BCUT2D eigenvalue weighted by Gasteiger charge is -2.42. The van der Waals surface area contributed by atoms with Crippen LogP contribution in [0.3, 0.4) is 0 Å². The molecule has 0 saturated carbocycles. The van der Waals surface area contributed by atoms with Crippen molar-refractivity contribution in [3.63, 3.8) is 0 Å². The molecule has 2 rings (SSSR count). The van der Waals surface area contributed by atoms with Gasteiger partial charge in [0.15, 0.2) is 0 Å². The van der Waals surface area contributed by atoms with Crippen LogP contribution < -0.4 is 0 Å². The van der Waals surface area contributed by atoms with Crippen molar-refractivity contribution >= 4 is 11.8 Å². The smallest absolute Gasteiger partial charge is 0.0173 e. The molecule has 1 aromatic carbocycles. The van der Waals surface area contributed by atoms with Gasteiger partial charge in [0.25, 0.3) is 0 Å². The Hall–Kier alpha value is -0.430. The van der Waals surface area contributed by atoms with Gasteiger partial charge in [-0.2, -0.15) is 0 Å². The topological polar surface area (TPSA) is 0 Å². The van der Waals surface area contributed by atoms with Gasteiger partial charge in [0.2, 0.25) is 0 Å². The Morgan fingerprint density at radius 1 is 0.952 bits per heavy atom. The second-order valence-electron chi connectivity index (χ2n) is 8.23. The molecule has 0 bridgehead atoms. The highest BCUT2D eigenvalue weighted by molar-refractivity contribution is 8.00. The third-order valence-electron chi connectivity index (χ3n) is 5.68. The lowest BCUT2D eigenvalue weighted by atomic mass is 9.63. The monoisotopic (exact) mass is 304 g/mol. The summed E-state index contributed by atoms with van der Waals surface area (Å²) in [4.78, 5) is 1.45. The molecule has 1 aliphatic carbocycles. The normalized spacial score (nSPS) is 20.1. The Morgan fingerprint density at radius 2 is 1.48 bits per heavy atom. The molecule has 0 atom stereocenters. The highest BCUT2D eigenvalue weighted by atomic mass is 32.2. The Bertz CT molecular complexity index is 507. The van der Waals surface area contributed by atoms with Crippen molar-refractivity contribution in [2.24, 2.45) is 0 Å². The zero-order valence-electron chi connectivity index (χ0n) is 15.0. The molecular weight excluding hydrogens is 272 g/mol. The van der Waals surface area contributed by atoms with Crippen molar-refractivity contribution in [3.05, 3.63) is 29.3 Å². The fourth-order valence-corrected chi connectivity index (χ4v) is 4.48. The van der Waals surface area contributed by atoms with Crippen LogP contribution in [0.2, 0.25) is 0 Å². The van der Waals surface area contributed by atoms with Gasteiger partial charge in [0.1, 0.15) is 0 Å². The number of benzene rings is 1. The minimum absolute atomic E-state index is 0.316. The van der Waals surface area contributed by atoms with E-state index in [1.165, 1.54) is 30.6 Å². The van der Waals surface area contributed by atoms with Gasteiger partial charge in [-0.1, -0.05) is 54.5 Å². The summed E-state index contributed by atoms with van der Waals surface area (Å²) in [5, 5.41) is 0. The summed E-state index contributed by atoms with van der Waals surface area (Å²) in [5.74, 6) is 0. The van der Waals surface area contributed by atoms with Crippen LogP contribution >= 0.6 is 11.8 Å². The summed E-state index contributed by atoms with van der Waals surface area (Å²) in [6.45, 7) is 16.6. The molecule has 0 radical (unpaired) electrons. The fourth-order valence-electron chi connectivity index (χ4n) is 3.31. The van der Waals surface area contributed by atoms with E-state index in [9.17, 15) is 0 Å². The molecule has 0 heterocycles. The van der Waals surface area contributed by atoms with Gasteiger partial charge < -0.3 is 0 Å². The van der Waals surface area contributed by atoms with Crippen LogP contribution in [0.15, 0.2) is 23.1 Å². The first-order valence-corrected chi connectivity index (χ1v) is 9.29. The molecule has 1 heteroatoms. The van der Waals surface area contributed by atoms with Gasteiger partial charge in [-0.25, -0.2) is 0 Å². The molecule has 0 N–H and O–H groups in total. The van der Waals surface area contributed by atoms with E-state index in [0.717, 1.165) is 0 Å². The van der Waals surface area contributed by atoms with Crippen molar-refractivity contribution < 1.29 is 0 Å². The van der Waals surface area contributed by atoms with Crippen LogP contribution in [0.5, 0.6) is 0 Å². The van der Waals surface area contributed by atoms with Crippen molar-refractivity contribution in [2.75, 3.05) is 0 Å². The number of hydrogen-bond acceptors (Lipinski definition) is 1. The molecule has 1 aliphatic rings. The average Bonchev–Trinajstić information content (AvgIpc) is 2.44. The molecule has 0 aromatic heterocycles. The van der Waals surface area contributed by atoms with Crippen molar-refractivity contribution in [3.8, 4) is 0 Å². The number of hydrogen-bond donors (Lipinski definition) is 0. The first kappa shape index (κ1) is 16.9. The van der Waals surface area contributed by atoms with Gasteiger partial charge >= 0.3 is 0 Å². The summed E-state index contributed by atoms with van der Waals surface area (Å²) >= 11 is 2.06. The van der Waals surface area contributed by atoms with E-state index in [-0.39, 0.29) is 0 Å². The molecule has 0 amide bonds.